The summed E-state index contributed by atoms with van der Waals surface area (Å²) in [6.07, 6.45) is 5.73. The molecule has 25 heavy (non-hydrogen) atoms. The van der Waals surface area contributed by atoms with Crippen LogP contribution in [-0.2, 0) is 9.59 Å². The Morgan fingerprint density at radius 3 is 2.68 bits per heavy atom. The second kappa shape index (κ2) is 7.85. The molecule has 6 nitrogen and oxygen atoms in total. The van der Waals surface area contributed by atoms with Gasteiger partial charge < -0.3 is 15.1 Å². The Morgan fingerprint density at radius 2 is 2.04 bits per heavy atom. The van der Waals surface area contributed by atoms with E-state index in [1.165, 1.54) is 19.3 Å². The highest BCUT2D eigenvalue weighted by Crippen LogP contribution is 2.22. The lowest BCUT2D eigenvalue weighted by Gasteiger charge is -2.27. The minimum atomic E-state index is -0.270. The third kappa shape index (κ3) is 4.50. The first-order valence-electron chi connectivity index (χ1n) is 9.32. The Morgan fingerprint density at radius 1 is 1.28 bits per heavy atom. The molecule has 2 aliphatic heterocycles. The van der Waals surface area contributed by atoms with Crippen LogP contribution < -0.4 is 10.2 Å². The van der Waals surface area contributed by atoms with Crippen LogP contribution in [0.5, 0.6) is 0 Å². The molecular formula is C19H28N4O2. The third-order valence-electron chi connectivity index (χ3n) is 4.87. The quantitative estimate of drug-likeness (QED) is 0.891. The van der Waals surface area contributed by atoms with Crippen molar-refractivity contribution in [1.29, 1.82) is 0 Å². The molecule has 0 aliphatic carbocycles. The average molecular weight is 344 g/mol. The first-order valence-corrected chi connectivity index (χ1v) is 9.32. The fourth-order valence-electron chi connectivity index (χ4n) is 3.58. The molecule has 1 atom stereocenters. The minimum absolute atomic E-state index is 0.0763. The van der Waals surface area contributed by atoms with Crippen molar-refractivity contribution in [2.24, 2.45) is 11.8 Å². The second-order valence-corrected chi connectivity index (χ2v) is 7.54. The molecule has 0 spiro atoms. The van der Waals surface area contributed by atoms with Crippen LogP contribution in [0, 0.1) is 11.8 Å². The van der Waals surface area contributed by atoms with E-state index in [1.807, 2.05) is 12.1 Å². The fourth-order valence-corrected chi connectivity index (χ4v) is 3.58. The summed E-state index contributed by atoms with van der Waals surface area (Å²) in [4.78, 5) is 33.0. The number of carbonyl (C=O) groups excluding carboxylic acids is 2. The highest BCUT2D eigenvalue weighted by Gasteiger charge is 2.34. The van der Waals surface area contributed by atoms with Gasteiger partial charge in [-0.2, -0.15) is 0 Å². The van der Waals surface area contributed by atoms with E-state index in [2.05, 4.69) is 29.0 Å². The van der Waals surface area contributed by atoms with E-state index in [9.17, 15) is 9.59 Å². The summed E-state index contributed by atoms with van der Waals surface area (Å²) in [7, 11) is 0. The van der Waals surface area contributed by atoms with Gasteiger partial charge in [-0.05, 0) is 37.3 Å². The molecule has 0 unspecified atom stereocenters. The molecule has 0 radical (unpaired) electrons. The number of amides is 2. The van der Waals surface area contributed by atoms with Crippen molar-refractivity contribution in [3.8, 4) is 0 Å². The van der Waals surface area contributed by atoms with E-state index in [4.69, 9.17) is 0 Å². The van der Waals surface area contributed by atoms with Crippen molar-refractivity contribution in [3.63, 3.8) is 0 Å². The zero-order chi connectivity index (χ0) is 17.8. The fraction of sp³-hybridized carbons (Fsp3) is 0.632. The van der Waals surface area contributed by atoms with Gasteiger partial charge in [0.1, 0.15) is 5.82 Å². The van der Waals surface area contributed by atoms with Crippen molar-refractivity contribution >= 4 is 23.3 Å². The number of likely N-dealkylation sites (tertiary alicyclic amines) is 1. The number of aromatic nitrogens is 1. The lowest BCUT2D eigenvalue weighted by Crippen LogP contribution is -2.31. The molecule has 1 aromatic rings. The predicted molar refractivity (Wildman–Crippen MR) is 98.5 cm³/mol. The van der Waals surface area contributed by atoms with Gasteiger partial charge in [-0.25, -0.2) is 4.98 Å². The van der Waals surface area contributed by atoms with Crippen LogP contribution in [0.25, 0.3) is 0 Å². The molecule has 3 heterocycles. The summed E-state index contributed by atoms with van der Waals surface area (Å²) >= 11 is 0. The topological polar surface area (TPSA) is 65.5 Å². The number of anilines is 2. The van der Waals surface area contributed by atoms with E-state index in [1.54, 1.807) is 11.1 Å². The van der Waals surface area contributed by atoms with E-state index >= 15 is 0 Å². The number of piperidine rings is 1. The van der Waals surface area contributed by atoms with Crippen molar-refractivity contribution in [2.45, 2.75) is 39.5 Å². The smallest absolute Gasteiger partial charge is 0.229 e. The van der Waals surface area contributed by atoms with Crippen molar-refractivity contribution in [2.75, 3.05) is 36.4 Å². The molecule has 2 fully saturated rings. The maximum Gasteiger partial charge on any atom is 0.229 e. The SMILES string of the molecule is CC(C)CN1C[C@@H](C(=O)Nc2ccc(N3CCCCC3)nc2)CC1=O. The highest BCUT2D eigenvalue weighted by atomic mass is 16.2. The molecule has 3 rings (SSSR count). The van der Waals surface area contributed by atoms with Gasteiger partial charge in [-0.15, -0.1) is 0 Å². The Bertz CT molecular complexity index is 608. The standard InChI is InChI=1S/C19H28N4O2/c1-14(2)12-23-13-15(10-18(23)24)19(25)21-16-6-7-17(20-11-16)22-8-4-3-5-9-22/h6-7,11,14-15H,3-5,8-10,12-13H2,1-2H3,(H,21,25)/t15-/m0/s1. The molecule has 0 saturated carbocycles. The molecule has 0 aromatic carbocycles. The molecule has 2 saturated heterocycles. The molecule has 1 aromatic heterocycles. The number of pyridine rings is 1. The number of nitrogens with one attached hydrogen (secondary N) is 1. The van der Waals surface area contributed by atoms with Crippen LogP contribution in [0.2, 0.25) is 0 Å². The number of hydrogen-bond donors (Lipinski definition) is 1. The Labute approximate surface area is 149 Å². The van der Waals surface area contributed by atoms with Crippen LogP contribution in [0.3, 0.4) is 0 Å². The summed E-state index contributed by atoms with van der Waals surface area (Å²) in [5, 5.41) is 2.91. The van der Waals surface area contributed by atoms with Crippen molar-refractivity contribution in [1.82, 2.24) is 9.88 Å². The maximum atomic E-state index is 12.5. The van der Waals surface area contributed by atoms with Crippen LogP contribution in [-0.4, -0.2) is 47.9 Å². The van der Waals surface area contributed by atoms with Gasteiger partial charge in [0.15, 0.2) is 0 Å². The Balaban J connectivity index is 1.55. The maximum absolute atomic E-state index is 12.5. The summed E-state index contributed by atoms with van der Waals surface area (Å²) in [5.41, 5.74) is 0.695. The average Bonchev–Trinajstić information content (AvgIpc) is 2.96. The first-order chi connectivity index (χ1) is 12.0. The summed E-state index contributed by atoms with van der Waals surface area (Å²) in [5.74, 6) is 1.10. The Hall–Kier alpha value is -2.11. The first kappa shape index (κ1) is 17.7. The van der Waals surface area contributed by atoms with Gasteiger partial charge >= 0.3 is 0 Å². The van der Waals surface area contributed by atoms with Gasteiger partial charge in [-0.3, -0.25) is 9.59 Å². The highest BCUT2D eigenvalue weighted by molar-refractivity contribution is 5.97. The molecule has 2 amide bonds. The van der Waals surface area contributed by atoms with Gasteiger partial charge in [-0.1, -0.05) is 13.8 Å². The minimum Gasteiger partial charge on any atom is -0.357 e. The van der Waals surface area contributed by atoms with Crippen LogP contribution >= 0.6 is 0 Å². The Kier molecular flexibility index (Phi) is 5.56. The van der Waals surface area contributed by atoms with Crippen molar-refractivity contribution < 1.29 is 9.59 Å². The van der Waals surface area contributed by atoms with Crippen LogP contribution in [0.4, 0.5) is 11.5 Å². The summed E-state index contributed by atoms with van der Waals surface area (Å²) in [6, 6.07) is 3.86. The normalized spacial score (nSPS) is 21.1. The van der Waals surface area contributed by atoms with Crippen LogP contribution in [0.1, 0.15) is 39.5 Å². The lowest BCUT2D eigenvalue weighted by molar-refractivity contribution is -0.128. The number of hydrogen-bond acceptors (Lipinski definition) is 4. The zero-order valence-corrected chi connectivity index (χ0v) is 15.2. The molecule has 1 N–H and O–H groups in total. The monoisotopic (exact) mass is 344 g/mol. The van der Waals surface area contributed by atoms with Gasteiger partial charge in [0.2, 0.25) is 11.8 Å². The number of carbonyl (C=O) groups is 2. The van der Waals surface area contributed by atoms with Crippen LogP contribution in [0.15, 0.2) is 18.3 Å². The van der Waals surface area contributed by atoms with E-state index < -0.39 is 0 Å². The predicted octanol–water partition coefficient (Wildman–Crippen LogP) is 2.51. The number of nitrogens with zero attached hydrogens (tertiary/aromatic N) is 3. The third-order valence-corrected chi connectivity index (χ3v) is 4.87. The molecule has 6 heteroatoms. The van der Waals surface area contributed by atoms with Gasteiger partial charge in [0.05, 0.1) is 17.8 Å². The number of rotatable bonds is 5. The van der Waals surface area contributed by atoms with E-state index in [-0.39, 0.29) is 17.7 Å². The van der Waals surface area contributed by atoms with E-state index in [0.29, 0.717) is 31.1 Å². The zero-order valence-electron chi connectivity index (χ0n) is 15.2. The molecule has 136 valence electrons. The molecule has 2 aliphatic rings. The van der Waals surface area contributed by atoms with E-state index in [0.717, 1.165) is 18.9 Å². The summed E-state index contributed by atoms with van der Waals surface area (Å²) < 4.78 is 0. The summed E-state index contributed by atoms with van der Waals surface area (Å²) in [6.45, 7) is 7.49. The molecular weight excluding hydrogens is 316 g/mol. The molecule has 0 bridgehead atoms. The van der Waals surface area contributed by atoms with Crippen molar-refractivity contribution in [3.05, 3.63) is 18.3 Å². The second-order valence-electron chi connectivity index (χ2n) is 7.54. The van der Waals surface area contributed by atoms with Gasteiger partial charge in [0.25, 0.3) is 0 Å². The lowest BCUT2D eigenvalue weighted by atomic mass is 10.1. The largest absolute Gasteiger partial charge is 0.357 e. The van der Waals surface area contributed by atoms with Gasteiger partial charge in [0, 0.05) is 32.6 Å².